The molecule has 0 radical (unpaired) electrons. The van der Waals surface area contributed by atoms with Crippen LogP contribution in [0.15, 0.2) is 76.1 Å². The average molecular weight is 440 g/mol. The molecule has 4 rings (SSSR count). The SMILES string of the molecule is CN=C(N)N(c1cc2ccccc2o1)c1cc(-c2ccc(Cl)cc2Cl)ccc1OC. The van der Waals surface area contributed by atoms with Crippen molar-refractivity contribution in [3.05, 3.63) is 76.8 Å². The Kier molecular flexibility index (Phi) is 5.57. The van der Waals surface area contributed by atoms with Crippen molar-refractivity contribution in [1.29, 1.82) is 0 Å². The molecule has 30 heavy (non-hydrogen) atoms. The molecule has 0 saturated carbocycles. The second-order valence-electron chi connectivity index (χ2n) is 6.55. The molecule has 0 atom stereocenters. The first-order valence-electron chi connectivity index (χ1n) is 9.16. The van der Waals surface area contributed by atoms with Gasteiger partial charge in [0.15, 0.2) is 0 Å². The van der Waals surface area contributed by atoms with Crippen LogP contribution >= 0.6 is 23.2 Å². The van der Waals surface area contributed by atoms with Gasteiger partial charge in [-0.05, 0) is 35.9 Å². The number of hydrogen-bond donors (Lipinski definition) is 1. The van der Waals surface area contributed by atoms with Crippen LogP contribution in [0.4, 0.5) is 11.6 Å². The molecule has 0 spiro atoms. The zero-order valence-corrected chi connectivity index (χ0v) is 17.9. The van der Waals surface area contributed by atoms with Gasteiger partial charge in [-0.2, -0.15) is 0 Å². The third-order valence-corrected chi connectivity index (χ3v) is 5.30. The minimum Gasteiger partial charge on any atom is -0.495 e. The molecule has 0 fully saturated rings. The average Bonchev–Trinajstić information content (AvgIpc) is 3.17. The summed E-state index contributed by atoms with van der Waals surface area (Å²) < 4.78 is 11.7. The fourth-order valence-corrected chi connectivity index (χ4v) is 3.81. The number of para-hydroxylation sites is 1. The van der Waals surface area contributed by atoms with Gasteiger partial charge in [-0.3, -0.25) is 4.99 Å². The van der Waals surface area contributed by atoms with E-state index in [0.717, 1.165) is 22.1 Å². The highest BCUT2D eigenvalue weighted by molar-refractivity contribution is 6.36. The lowest BCUT2D eigenvalue weighted by Gasteiger charge is -2.23. The standard InChI is InChI=1S/C23H19Cl2N3O2/c1-27-23(26)28(22-12-15-5-3-4-6-20(15)30-22)19-11-14(7-10-21(19)29-2)17-9-8-16(24)13-18(17)25/h3-13H,1-2H3,(H2,26,27). The Bertz CT molecular complexity index is 1220. The lowest BCUT2D eigenvalue weighted by atomic mass is 10.0. The van der Waals surface area contributed by atoms with Crippen LogP contribution in [0.25, 0.3) is 22.1 Å². The molecule has 5 nitrogen and oxygen atoms in total. The minimum absolute atomic E-state index is 0.256. The highest BCUT2D eigenvalue weighted by atomic mass is 35.5. The first-order chi connectivity index (χ1) is 14.5. The summed E-state index contributed by atoms with van der Waals surface area (Å²) >= 11 is 12.5. The Morgan fingerprint density at radius 2 is 1.83 bits per heavy atom. The number of aliphatic imine (C=N–C) groups is 1. The van der Waals surface area contributed by atoms with Crippen molar-refractivity contribution in [2.24, 2.45) is 10.7 Å². The molecule has 0 aliphatic rings. The van der Waals surface area contributed by atoms with Crippen LogP contribution in [0, 0.1) is 0 Å². The first-order valence-corrected chi connectivity index (χ1v) is 9.92. The molecule has 3 aromatic carbocycles. The van der Waals surface area contributed by atoms with Crippen molar-refractivity contribution in [3.8, 4) is 16.9 Å². The molecule has 2 N–H and O–H groups in total. The van der Waals surface area contributed by atoms with Crippen LogP contribution in [0.3, 0.4) is 0 Å². The quantitative estimate of drug-likeness (QED) is 0.291. The summed E-state index contributed by atoms with van der Waals surface area (Å²) in [5.74, 6) is 1.39. The van der Waals surface area contributed by atoms with Gasteiger partial charge in [0.25, 0.3) is 0 Å². The number of ether oxygens (including phenoxy) is 1. The molecule has 0 aliphatic carbocycles. The second kappa shape index (κ2) is 8.30. The van der Waals surface area contributed by atoms with Crippen LogP contribution in [0.1, 0.15) is 0 Å². The normalized spacial score (nSPS) is 11.7. The molecule has 152 valence electrons. The number of furan rings is 1. The van der Waals surface area contributed by atoms with Crippen molar-refractivity contribution >= 4 is 51.7 Å². The smallest absolute Gasteiger partial charge is 0.208 e. The van der Waals surface area contributed by atoms with E-state index in [2.05, 4.69) is 4.99 Å². The molecule has 0 aliphatic heterocycles. The third-order valence-electron chi connectivity index (χ3n) is 4.75. The molecule has 0 amide bonds. The van der Waals surface area contributed by atoms with Gasteiger partial charge in [0.05, 0.1) is 12.8 Å². The number of hydrogen-bond acceptors (Lipinski definition) is 3. The van der Waals surface area contributed by atoms with Crippen molar-refractivity contribution in [3.63, 3.8) is 0 Å². The summed E-state index contributed by atoms with van der Waals surface area (Å²) in [6, 6.07) is 20.7. The molecule has 7 heteroatoms. The van der Waals surface area contributed by atoms with Crippen molar-refractivity contribution in [2.75, 3.05) is 19.1 Å². The Morgan fingerprint density at radius 1 is 1.03 bits per heavy atom. The van der Waals surface area contributed by atoms with E-state index in [1.807, 2.05) is 54.6 Å². The van der Waals surface area contributed by atoms with Crippen molar-refractivity contribution in [1.82, 2.24) is 0 Å². The molecule has 1 aromatic heterocycles. The molecule has 0 saturated heterocycles. The largest absolute Gasteiger partial charge is 0.495 e. The number of rotatable bonds is 4. The Balaban J connectivity index is 1.91. The Labute approximate surface area is 184 Å². The van der Waals surface area contributed by atoms with E-state index in [4.69, 9.17) is 38.1 Å². The van der Waals surface area contributed by atoms with Gasteiger partial charge in [0.1, 0.15) is 11.3 Å². The lowest BCUT2D eigenvalue weighted by molar-refractivity contribution is 0.415. The summed E-state index contributed by atoms with van der Waals surface area (Å²) in [5, 5.41) is 2.08. The topological polar surface area (TPSA) is 64.0 Å². The van der Waals surface area contributed by atoms with Crippen LogP contribution in [0.5, 0.6) is 5.75 Å². The third kappa shape index (κ3) is 3.70. The van der Waals surface area contributed by atoms with Gasteiger partial charge < -0.3 is 14.9 Å². The van der Waals surface area contributed by atoms with Gasteiger partial charge in [0.2, 0.25) is 11.8 Å². The zero-order chi connectivity index (χ0) is 21.3. The predicted octanol–water partition coefficient (Wildman–Crippen LogP) is 6.50. The zero-order valence-electron chi connectivity index (χ0n) is 16.4. The minimum atomic E-state index is 0.256. The highest BCUT2D eigenvalue weighted by Crippen LogP contribution is 2.40. The summed E-state index contributed by atoms with van der Waals surface area (Å²) in [7, 11) is 3.22. The molecule has 1 heterocycles. The molecular formula is C23H19Cl2N3O2. The summed E-state index contributed by atoms with van der Waals surface area (Å²) in [5.41, 5.74) is 9.41. The maximum absolute atomic E-state index is 6.43. The van der Waals surface area contributed by atoms with Gasteiger partial charge in [0, 0.05) is 34.1 Å². The van der Waals surface area contributed by atoms with Crippen LogP contribution in [0.2, 0.25) is 10.0 Å². The maximum atomic E-state index is 6.43. The summed E-state index contributed by atoms with van der Waals surface area (Å²) in [4.78, 5) is 5.89. The lowest BCUT2D eigenvalue weighted by Crippen LogP contribution is -2.33. The van der Waals surface area contributed by atoms with Gasteiger partial charge >= 0.3 is 0 Å². The number of anilines is 2. The number of benzene rings is 3. The van der Waals surface area contributed by atoms with Crippen LogP contribution < -0.4 is 15.4 Å². The fourth-order valence-electron chi connectivity index (χ4n) is 3.29. The highest BCUT2D eigenvalue weighted by Gasteiger charge is 2.22. The summed E-state index contributed by atoms with van der Waals surface area (Å²) in [6.07, 6.45) is 0. The number of nitrogens with zero attached hydrogens (tertiary/aromatic N) is 2. The molecule has 0 unspecified atom stereocenters. The van der Waals surface area contributed by atoms with E-state index in [1.54, 1.807) is 31.2 Å². The van der Waals surface area contributed by atoms with E-state index in [9.17, 15) is 0 Å². The summed E-state index contributed by atoms with van der Waals surface area (Å²) in [6.45, 7) is 0. The van der Waals surface area contributed by atoms with E-state index in [0.29, 0.717) is 27.4 Å². The van der Waals surface area contributed by atoms with Crippen LogP contribution in [-0.4, -0.2) is 20.1 Å². The van der Waals surface area contributed by atoms with Gasteiger partial charge in [-0.25, -0.2) is 4.90 Å². The number of halogens is 2. The number of fused-ring (bicyclic) bond motifs is 1. The van der Waals surface area contributed by atoms with E-state index in [-0.39, 0.29) is 5.96 Å². The number of nitrogens with two attached hydrogens (primary N) is 1. The number of guanidine groups is 1. The number of methoxy groups -OCH3 is 1. The first kappa shape index (κ1) is 20.1. The van der Waals surface area contributed by atoms with E-state index in [1.165, 1.54) is 0 Å². The van der Waals surface area contributed by atoms with Gasteiger partial charge in [-0.15, -0.1) is 0 Å². The monoisotopic (exact) mass is 439 g/mol. The van der Waals surface area contributed by atoms with Crippen molar-refractivity contribution < 1.29 is 9.15 Å². The van der Waals surface area contributed by atoms with E-state index >= 15 is 0 Å². The maximum Gasteiger partial charge on any atom is 0.208 e. The van der Waals surface area contributed by atoms with Gasteiger partial charge in [-0.1, -0.05) is 53.5 Å². The second-order valence-corrected chi connectivity index (χ2v) is 7.39. The van der Waals surface area contributed by atoms with Crippen molar-refractivity contribution in [2.45, 2.75) is 0 Å². The Hall–Kier alpha value is -3.15. The molecule has 4 aromatic rings. The van der Waals surface area contributed by atoms with E-state index < -0.39 is 0 Å². The Morgan fingerprint density at radius 3 is 2.53 bits per heavy atom. The van der Waals surface area contributed by atoms with Crippen LogP contribution in [-0.2, 0) is 0 Å². The predicted molar refractivity (Wildman–Crippen MR) is 124 cm³/mol. The molecule has 0 bridgehead atoms. The molecular weight excluding hydrogens is 421 g/mol. The fraction of sp³-hybridized carbons (Fsp3) is 0.0870.